The van der Waals surface area contributed by atoms with Crippen LogP contribution in [0, 0.1) is 0 Å². The van der Waals surface area contributed by atoms with Crippen molar-refractivity contribution in [3.05, 3.63) is 18.2 Å². The second-order valence-electron chi connectivity index (χ2n) is 3.86. The summed E-state index contributed by atoms with van der Waals surface area (Å²) in [7, 11) is 0. The molecule has 1 heterocycles. The zero-order valence-corrected chi connectivity index (χ0v) is 12.3. The lowest BCUT2D eigenvalue weighted by atomic mass is 10.3. The number of ether oxygens (including phenoxy) is 1. The molecule has 0 saturated carbocycles. The molecule has 0 aliphatic rings. The maximum absolute atomic E-state index is 11.5. The van der Waals surface area contributed by atoms with E-state index in [1.165, 1.54) is 11.3 Å². The van der Waals surface area contributed by atoms with Gasteiger partial charge in [-0.05, 0) is 32.0 Å². The normalized spacial score (nSPS) is 11.7. The minimum atomic E-state index is -0.545. The van der Waals surface area contributed by atoms with E-state index in [0.29, 0.717) is 11.7 Å². The first-order chi connectivity index (χ1) is 8.60. The van der Waals surface area contributed by atoms with Crippen molar-refractivity contribution < 1.29 is 9.53 Å². The van der Waals surface area contributed by atoms with E-state index < -0.39 is 6.04 Å². The van der Waals surface area contributed by atoms with Crippen molar-refractivity contribution in [2.45, 2.75) is 19.9 Å². The number of aromatic nitrogens is 1. The van der Waals surface area contributed by atoms with Crippen LogP contribution in [0.2, 0.25) is 0 Å². The number of nitrogens with two attached hydrogens (primary N) is 1. The second-order valence-corrected chi connectivity index (χ2v) is 4.89. The quantitative estimate of drug-likeness (QED) is 0.909. The minimum absolute atomic E-state index is 0. The fourth-order valence-electron chi connectivity index (χ4n) is 1.43. The highest BCUT2D eigenvalue weighted by molar-refractivity contribution is 7.22. The van der Waals surface area contributed by atoms with E-state index in [2.05, 4.69) is 10.3 Å². The van der Waals surface area contributed by atoms with Crippen LogP contribution in [0.5, 0.6) is 5.75 Å². The zero-order chi connectivity index (χ0) is 13.1. The number of rotatable bonds is 4. The number of halogens is 1. The van der Waals surface area contributed by atoms with Crippen molar-refractivity contribution in [3.8, 4) is 5.75 Å². The Morgan fingerprint density at radius 1 is 1.58 bits per heavy atom. The van der Waals surface area contributed by atoms with Crippen LogP contribution < -0.4 is 15.8 Å². The molecule has 0 saturated heterocycles. The third-order valence-electron chi connectivity index (χ3n) is 2.31. The largest absolute Gasteiger partial charge is 0.494 e. The van der Waals surface area contributed by atoms with Gasteiger partial charge >= 0.3 is 0 Å². The van der Waals surface area contributed by atoms with E-state index in [9.17, 15) is 4.79 Å². The van der Waals surface area contributed by atoms with Crippen LogP contribution in [0.15, 0.2) is 18.2 Å². The van der Waals surface area contributed by atoms with E-state index >= 15 is 0 Å². The fraction of sp³-hybridized carbons (Fsp3) is 0.333. The molecule has 0 aliphatic carbocycles. The first-order valence-corrected chi connectivity index (χ1v) is 6.51. The number of hydrogen-bond acceptors (Lipinski definition) is 5. The Bertz CT molecular complexity index is 571. The van der Waals surface area contributed by atoms with Crippen LogP contribution in [0.1, 0.15) is 13.8 Å². The summed E-state index contributed by atoms with van der Waals surface area (Å²) >= 11 is 1.40. The number of carbonyl (C=O) groups excluding carboxylic acids is 1. The third kappa shape index (κ3) is 3.79. The molecule has 0 spiro atoms. The fourth-order valence-corrected chi connectivity index (χ4v) is 2.33. The van der Waals surface area contributed by atoms with Crippen LogP contribution >= 0.6 is 23.7 Å². The molecular formula is C12H16ClN3O2S. The molecule has 5 nitrogen and oxygen atoms in total. The van der Waals surface area contributed by atoms with Crippen molar-refractivity contribution in [2.75, 3.05) is 11.9 Å². The first-order valence-electron chi connectivity index (χ1n) is 5.70. The van der Waals surface area contributed by atoms with Crippen molar-refractivity contribution in [1.29, 1.82) is 0 Å². The van der Waals surface area contributed by atoms with Gasteiger partial charge in [0.25, 0.3) is 0 Å². The predicted octanol–water partition coefficient (Wildman–Crippen LogP) is 2.40. The Morgan fingerprint density at radius 2 is 2.32 bits per heavy atom. The Labute approximate surface area is 121 Å². The lowest BCUT2D eigenvalue weighted by Gasteiger charge is -2.02. The number of hydrogen-bond donors (Lipinski definition) is 2. The van der Waals surface area contributed by atoms with Crippen molar-refractivity contribution in [2.24, 2.45) is 5.73 Å². The molecular weight excluding hydrogens is 286 g/mol. The number of fused-ring (bicyclic) bond motifs is 1. The molecule has 1 aromatic carbocycles. The number of anilines is 1. The molecule has 2 aromatic rings. The van der Waals surface area contributed by atoms with Crippen LogP contribution in [0.4, 0.5) is 5.13 Å². The van der Waals surface area contributed by atoms with Gasteiger partial charge in [-0.1, -0.05) is 11.3 Å². The van der Waals surface area contributed by atoms with Crippen molar-refractivity contribution >= 4 is 45.0 Å². The molecule has 7 heteroatoms. The van der Waals surface area contributed by atoms with E-state index in [4.69, 9.17) is 10.5 Å². The minimum Gasteiger partial charge on any atom is -0.494 e. The van der Waals surface area contributed by atoms with Gasteiger partial charge in [0.2, 0.25) is 5.91 Å². The second kappa shape index (κ2) is 6.70. The molecule has 1 atom stereocenters. The van der Waals surface area contributed by atoms with Gasteiger partial charge in [0, 0.05) is 0 Å². The SMILES string of the molecule is CCOc1ccc2nc(NC(=O)[C@@H](C)N)sc2c1.Cl. The number of benzene rings is 1. The van der Waals surface area contributed by atoms with E-state index in [1.54, 1.807) is 6.92 Å². The number of nitrogens with one attached hydrogen (secondary N) is 1. The van der Waals surface area contributed by atoms with Gasteiger partial charge in [0.1, 0.15) is 5.75 Å². The van der Waals surface area contributed by atoms with Gasteiger partial charge < -0.3 is 15.8 Å². The Hall–Kier alpha value is -1.37. The number of carbonyl (C=O) groups is 1. The monoisotopic (exact) mass is 301 g/mol. The maximum Gasteiger partial charge on any atom is 0.242 e. The molecule has 1 amide bonds. The maximum atomic E-state index is 11.5. The summed E-state index contributed by atoms with van der Waals surface area (Å²) in [4.78, 5) is 15.8. The average molecular weight is 302 g/mol. The first kappa shape index (κ1) is 15.7. The van der Waals surface area contributed by atoms with Gasteiger partial charge in [-0.15, -0.1) is 12.4 Å². The Balaban J connectivity index is 0.00000180. The molecule has 3 N–H and O–H groups in total. The van der Waals surface area contributed by atoms with Crippen LogP contribution in [-0.2, 0) is 4.79 Å². The molecule has 19 heavy (non-hydrogen) atoms. The van der Waals surface area contributed by atoms with Crippen molar-refractivity contribution in [1.82, 2.24) is 4.98 Å². The lowest BCUT2D eigenvalue weighted by molar-refractivity contribution is -0.117. The molecule has 0 unspecified atom stereocenters. The van der Waals surface area contributed by atoms with Crippen LogP contribution in [-0.4, -0.2) is 23.5 Å². The summed E-state index contributed by atoms with van der Waals surface area (Å²) in [6, 6.07) is 5.11. The zero-order valence-electron chi connectivity index (χ0n) is 10.7. The molecule has 0 radical (unpaired) electrons. The summed E-state index contributed by atoms with van der Waals surface area (Å²) in [5, 5.41) is 3.24. The summed E-state index contributed by atoms with van der Waals surface area (Å²) in [5.74, 6) is 0.567. The van der Waals surface area contributed by atoms with E-state index in [0.717, 1.165) is 16.0 Å². The molecule has 2 rings (SSSR count). The Kier molecular flexibility index (Phi) is 5.53. The van der Waals surface area contributed by atoms with E-state index in [1.807, 2.05) is 25.1 Å². The Morgan fingerprint density at radius 3 is 2.95 bits per heavy atom. The molecule has 0 bridgehead atoms. The number of nitrogens with zero attached hydrogens (tertiary/aromatic N) is 1. The molecule has 1 aromatic heterocycles. The standard InChI is InChI=1S/C12H15N3O2S.ClH/c1-3-17-8-4-5-9-10(6-8)18-12(14-9)15-11(16)7(2)13;/h4-7H,3,13H2,1-2H3,(H,14,15,16);1H/t7-;/m1./s1. The summed E-state index contributed by atoms with van der Waals surface area (Å²) in [6.07, 6.45) is 0. The van der Waals surface area contributed by atoms with E-state index in [-0.39, 0.29) is 18.3 Å². The number of thiazole rings is 1. The highest BCUT2D eigenvalue weighted by Gasteiger charge is 2.11. The molecule has 104 valence electrons. The lowest BCUT2D eigenvalue weighted by Crippen LogP contribution is -2.32. The highest BCUT2D eigenvalue weighted by atomic mass is 35.5. The number of amides is 1. The van der Waals surface area contributed by atoms with Crippen LogP contribution in [0.3, 0.4) is 0 Å². The van der Waals surface area contributed by atoms with Gasteiger partial charge in [-0.25, -0.2) is 4.98 Å². The average Bonchev–Trinajstić information content (AvgIpc) is 2.70. The topological polar surface area (TPSA) is 77.2 Å². The smallest absolute Gasteiger partial charge is 0.242 e. The summed E-state index contributed by atoms with van der Waals surface area (Å²) in [6.45, 7) is 4.19. The van der Waals surface area contributed by atoms with Gasteiger partial charge in [0.15, 0.2) is 5.13 Å². The van der Waals surface area contributed by atoms with Crippen LogP contribution in [0.25, 0.3) is 10.2 Å². The van der Waals surface area contributed by atoms with Crippen molar-refractivity contribution in [3.63, 3.8) is 0 Å². The van der Waals surface area contributed by atoms with Gasteiger partial charge in [0.05, 0.1) is 22.9 Å². The molecule has 0 aliphatic heterocycles. The molecule has 0 fully saturated rings. The predicted molar refractivity (Wildman–Crippen MR) is 80.3 cm³/mol. The highest BCUT2D eigenvalue weighted by Crippen LogP contribution is 2.29. The van der Waals surface area contributed by atoms with Gasteiger partial charge in [-0.3, -0.25) is 4.79 Å². The summed E-state index contributed by atoms with van der Waals surface area (Å²) < 4.78 is 6.39. The third-order valence-corrected chi connectivity index (χ3v) is 3.25. The van der Waals surface area contributed by atoms with Gasteiger partial charge in [-0.2, -0.15) is 0 Å². The summed E-state index contributed by atoms with van der Waals surface area (Å²) in [5.41, 5.74) is 6.32.